The molecule has 0 bridgehead atoms. The first kappa shape index (κ1) is 13.9. The summed E-state index contributed by atoms with van der Waals surface area (Å²) >= 11 is 18.1. The molecule has 2 rings (SSSR count). The maximum absolute atomic E-state index is 6.39. The van der Waals surface area contributed by atoms with Crippen LogP contribution >= 0.6 is 50.9 Å². The summed E-state index contributed by atoms with van der Waals surface area (Å²) in [6.07, 6.45) is 2.21. The SMILES string of the molecule is COc1cc2c(c(Cl)c1Cl)C(CBr)SCCC2. The van der Waals surface area contributed by atoms with Crippen molar-refractivity contribution in [2.75, 3.05) is 18.2 Å². The molecule has 1 nitrogen and oxygen atoms in total. The summed E-state index contributed by atoms with van der Waals surface area (Å²) in [5.41, 5.74) is 2.45. The van der Waals surface area contributed by atoms with Crippen molar-refractivity contribution in [1.29, 1.82) is 0 Å². The molecule has 1 unspecified atom stereocenters. The molecule has 1 aliphatic rings. The molecule has 1 heterocycles. The molecule has 1 atom stereocenters. The number of rotatable bonds is 2. The number of hydrogen-bond acceptors (Lipinski definition) is 2. The third-order valence-corrected chi connectivity index (χ3v) is 6.16. The number of methoxy groups -OCH3 is 1. The first-order valence-electron chi connectivity index (χ1n) is 5.41. The molecule has 1 aromatic rings. The summed E-state index contributed by atoms with van der Waals surface area (Å²) in [6.45, 7) is 0. The molecule has 0 saturated carbocycles. The standard InChI is InChI=1S/C12H13BrCl2OS/c1-16-8-5-7-3-2-4-17-9(6-13)10(7)12(15)11(8)14/h5,9H,2-4,6H2,1H3. The topological polar surface area (TPSA) is 9.23 Å². The van der Waals surface area contributed by atoms with Gasteiger partial charge < -0.3 is 4.74 Å². The van der Waals surface area contributed by atoms with Gasteiger partial charge in [0.2, 0.25) is 0 Å². The minimum absolute atomic E-state index is 0.378. The van der Waals surface area contributed by atoms with Crippen molar-refractivity contribution in [1.82, 2.24) is 0 Å². The van der Waals surface area contributed by atoms with Crippen molar-refractivity contribution in [2.45, 2.75) is 18.1 Å². The maximum Gasteiger partial charge on any atom is 0.139 e. The highest BCUT2D eigenvalue weighted by Crippen LogP contribution is 2.46. The lowest BCUT2D eigenvalue weighted by Crippen LogP contribution is -2.01. The minimum atomic E-state index is 0.378. The zero-order chi connectivity index (χ0) is 12.4. The van der Waals surface area contributed by atoms with Gasteiger partial charge in [0, 0.05) is 10.6 Å². The van der Waals surface area contributed by atoms with E-state index in [1.165, 1.54) is 17.5 Å². The molecule has 0 N–H and O–H groups in total. The summed E-state index contributed by atoms with van der Waals surface area (Å²) in [5.74, 6) is 1.83. The lowest BCUT2D eigenvalue weighted by atomic mass is 10.0. The zero-order valence-electron chi connectivity index (χ0n) is 9.43. The van der Waals surface area contributed by atoms with Gasteiger partial charge in [0.05, 0.1) is 12.1 Å². The van der Waals surface area contributed by atoms with E-state index in [1.54, 1.807) is 7.11 Å². The van der Waals surface area contributed by atoms with Crippen LogP contribution in [-0.4, -0.2) is 18.2 Å². The van der Waals surface area contributed by atoms with E-state index in [9.17, 15) is 0 Å². The fraction of sp³-hybridized carbons (Fsp3) is 0.500. The number of halogens is 3. The number of thioether (sulfide) groups is 1. The van der Waals surface area contributed by atoms with Crippen LogP contribution in [-0.2, 0) is 6.42 Å². The van der Waals surface area contributed by atoms with E-state index in [0.29, 0.717) is 21.0 Å². The van der Waals surface area contributed by atoms with Crippen molar-refractivity contribution in [3.05, 3.63) is 27.2 Å². The highest BCUT2D eigenvalue weighted by Gasteiger charge is 2.24. The summed E-state index contributed by atoms with van der Waals surface area (Å²) in [4.78, 5) is 0. The normalized spacial score (nSPS) is 19.6. The van der Waals surface area contributed by atoms with Crippen molar-refractivity contribution in [2.24, 2.45) is 0 Å². The van der Waals surface area contributed by atoms with Crippen LogP contribution in [0.1, 0.15) is 22.8 Å². The molecular weight excluding hydrogens is 343 g/mol. The minimum Gasteiger partial charge on any atom is -0.495 e. The average molecular weight is 356 g/mol. The fourth-order valence-corrected chi connectivity index (χ4v) is 4.71. The Morgan fingerprint density at radius 2 is 2.24 bits per heavy atom. The Hall–Kier alpha value is 0.430. The van der Waals surface area contributed by atoms with E-state index in [1.807, 2.05) is 17.8 Å². The molecule has 0 radical (unpaired) electrons. The molecule has 1 aromatic carbocycles. The number of ether oxygens (including phenoxy) is 1. The molecule has 0 aliphatic carbocycles. The van der Waals surface area contributed by atoms with Gasteiger partial charge in [0.15, 0.2) is 0 Å². The molecule has 17 heavy (non-hydrogen) atoms. The molecule has 0 aromatic heterocycles. The van der Waals surface area contributed by atoms with Crippen LogP contribution < -0.4 is 4.74 Å². The maximum atomic E-state index is 6.39. The number of alkyl halides is 1. The van der Waals surface area contributed by atoms with Crippen LogP contribution in [0.25, 0.3) is 0 Å². The van der Waals surface area contributed by atoms with Crippen molar-refractivity contribution in [3.8, 4) is 5.75 Å². The van der Waals surface area contributed by atoms with Gasteiger partial charge in [-0.3, -0.25) is 0 Å². The summed E-state index contributed by atoms with van der Waals surface area (Å²) in [5, 5.41) is 2.46. The van der Waals surface area contributed by atoms with Crippen LogP contribution in [0, 0.1) is 0 Å². The first-order valence-corrected chi connectivity index (χ1v) is 8.34. The Morgan fingerprint density at radius 1 is 1.47 bits per heavy atom. The summed E-state index contributed by atoms with van der Waals surface area (Å²) in [7, 11) is 1.62. The van der Waals surface area contributed by atoms with Crippen LogP contribution in [0.2, 0.25) is 10.0 Å². The monoisotopic (exact) mass is 354 g/mol. The largest absolute Gasteiger partial charge is 0.495 e. The third-order valence-electron chi connectivity index (χ3n) is 2.89. The van der Waals surface area contributed by atoms with Crippen molar-refractivity contribution >= 4 is 50.9 Å². The van der Waals surface area contributed by atoms with E-state index in [-0.39, 0.29) is 0 Å². The first-order chi connectivity index (χ1) is 8.19. The number of hydrogen-bond donors (Lipinski definition) is 0. The van der Waals surface area contributed by atoms with E-state index < -0.39 is 0 Å². The second-order valence-corrected chi connectivity index (χ2v) is 6.61. The number of aryl methyl sites for hydroxylation is 1. The van der Waals surface area contributed by atoms with Gasteiger partial charge in [-0.1, -0.05) is 39.1 Å². The molecule has 1 aliphatic heterocycles. The smallest absolute Gasteiger partial charge is 0.139 e. The fourth-order valence-electron chi connectivity index (χ4n) is 2.06. The second-order valence-electron chi connectivity index (χ2n) is 3.90. The van der Waals surface area contributed by atoms with Gasteiger partial charge in [-0.25, -0.2) is 0 Å². The lowest BCUT2D eigenvalue weighted by molar-refractivity contribution is 0.414. The second kappa shape index (κ2) is 6.05. The molecular formula is C12H13BrCl2OS. The predicted octanol–water partition coefficient (Wildman–Crippen LogP) is 5.12. The predicted molar refractivity (Wildman–Crippen MR) is 80.3 cm³/mol. The van der Waals surface area contributed by atoms with Gasteiger partial charge in [-0.05, 0) is 35.8 Å². The Bertz CT molecular complexity index is 425. The Labute approximate surface area is 124 Å². The van der Waals surface area contributed by atoms with E-state index in [2.05, 4.69) is 15.9 Å². The molecule has 5 heteroatoms. The summed E-state index contributed by atoms with van der Waals surface area (Å²) in [6, 6.07) is 2.03. The molecule has 0 amide bonds. The van der Waals surface area contributed by atoms with Crippen molar-refractivity contribution < 1.29 is 4.74 Å². The Kier molecular flexibility index (Phi) is 4.93. The quantitative estimate of drug-likeness (QED) is 0.681. The number of benzene rings is 1. The Morgan fingerprint density at radius 3 is 2.88 bits per heavy atom. The number of fused-ring (bicyclic) bond motifs is 1. The lowest BCUT2D eigenvalue weighted by Gasteiger charge is -2.18. The highest BCUT2D eigenvalue weighted by atomic mass is 79.9. The molecule has 94 valence electrons. The van der Waals surface area contributed by atoms with Crippen LogP contribution in [0.3, 0.4) is 0 Å². The third kappa shape index (κ3) is 2.73. The van der Waals surface area contributed by atoms with E-state index in [4.69, 9.17) is 27.9 Å². The van der Waals surface area contributed by atoms with Gasteiger partial charge in [0.25, 0.3) is 0 Å². The van der Waals surface area contributed by atoms with E-state index >= 15 is 0 Å². The van der Waals surface area contributed by atoms with Gasteiger partial charge >= 0.3 is 0 Å². The zero-order valence-corrected chi connectivity index (χ0v) is 13.3. The van der Waals surface area contributed by atoms with Gasteiger partial charge in [-0.2, -0.15) is 11.8 Å². The molecule has 0 saturated heterocycles. The molecule has 0 fully saturated rings. The Balaban J connectivity index is 2.58. The van der Waals surface area contributed by atoms with E-state index in [0.717, 1.165) is 17.5 Å². The van der Waals surface area contributed by atoms with Crippen molar-refractivity contribution in [3.63, 3.8) is 0 Å². The highest BCUT2D eigenvalue weighted by molar-refractivity contribution is 9.09. The summed E-state index contributed by atoms with van der Waals surface area (Å²) < 4.78 is 5.27. The molecule has 0 spiro atoms. The van der Waals surface area contributed by atoms with Crippen LogP contribution in [0.5, 0.6) is 5.75 Å². The van der Waals surface area contributed by atoms with Gasteiger partial charge in [0.1, 0.15) is 10.8 Å². The average Bonchev–Trinajstić information content (AvgIpc) is 2.55. The van der Waals surface area contributed by atoms with Gasteiger partial charge in [-0.15, -0.1) is 0 Å². The van der Waals surface area contributed by atoms with Crippen LogP contribution in [0.4, 0.5) is 0 Å². The van der Waals surface area contributed by atoms with Crippen LogP contribution in [0.15, 0.2) is 6.07 Å².